The van der Waals surface area contributed by atoms with E-state index in [1.165, 1.54) is 16.8 Å². The zero-order valence-electron chi connectivity index (χ0n) is 20.3. The minimum Gasteiger partial charge on any atom is -0.444 e. The van der Waals surface area contributed by atoms with E-state index in [1.54, 1.807) is 7.05 Å². The molecular formula is C26H35IN6O. The molecule has 1 aliphatic heterocycles. The first-order valence-electron chi connectivity index (χ1n) is 11.6. The lowest BCUT2D eigenvalue weighted by Crippen LogP contribution is -2.46. The highest BCUT2D eigenvalue weighted by Crippen LogP contribution is 2.18. The van der Waals surface area contributed by atoms with Gasteiger partial charge in [-0.1, -0.05) is 42.5 Å². The van der Waals surface area contributed by atoms with Crippen LogP contribution in [0.2, 0.25) is 0 Å². The summed E-state index contributed by atoms with van der Waals surface area (Å²) in [7, 11) is 1.78. The van der Waals surface area contributed by atoms with Crippen molar-refractivity contribution in [1.29, 1.82) is 0 Å². The van der Waals surface area contributed by atoms with Gasteiger partial charge in [0.2, 0.25) is 5.89 Å². The average Bonchev–Trinajstić information content (AvgIpc) is 3.18. The number of piperazine rings is 1. The topological polar surface area (TPSA) is 68.9 Å². The van der Waals surface area contributed by atoms with Crippen molar-refractivity contribution in [3.05, 3.63) is 83.1 Å². The number of aliphatic imine (C=N–C) groups is 1. The summed E-state index contributed by atoms with van der Waals surface area (Å²) in [5, 5.41) is 6.71. The molecule has 2 N–H and O–H groups in total. The first-order valence-corrected chi connectivity index (χ1v) is 11.6. The highest BCUT2D eigenvalue weighted by atomic mass is 127. The Labute approximate surface area is 219 Å². The van der Waals surface area contributed by atoms with Gasteiger partial charge in [0, 0.05) is 52.0 Å². The molecule has 4 rings (SSSR count). The van der Waals surface area contributed by atoms with E-state index in [4.69, 9.17) is 4.42 Å². The molecule has 1 aromatic heterocycles. The number of rotatable bonds is 7. The molecular weight excluding hydrogens is 539 g/mol. The third kappa shape index (κ3) is 6.96. The molecule has 1 fully saturated rings. The summed E-state index contributed by atoms with van der Waals surface area (Å²) >= 11 is 0. The molecule has 0 aliphatic carbocycles. The quantitative estimate of drug-likeness (QED) is 0.252. The van der Waals surface area contributed by atoms with Crippen molar-refractivity contribution in [2.75, 3.05) is 38.1 Å². The fraction of sp³-hybridized carbons (Fsp3) is 0.385. The SMILES string of the molecule is CN=C(NCc1nc(C)c(C)o1)NCc1ccccc1CN1CCN(c2ccccc2)CC1.I. The van der Waals surface area contributed by atoms with Crippen molar-refractivity contribution in [3.8, 4) is 0 Å². The maximum Gasteiger partial charge on any atom is 0.214 e. The number of halogens is 1. The van der Waals surface area contributed by atoms with Crippen LogP contribution in [-0.2, 0) is 19.6 Å². The number of aromatic nitrogens is 1. The third-order valence-corrected chi connectivity index (χ3v) is 6.16. The summed E-state index contributed by atoms with van der Waals surface area (Å²) in [5.74, 6) is 2.26. The van der Waals surface area contributed by atoms with Gasteiger partial charge >= 0.3 is 0 Å². The molecule has 0 atom stereocenters. The van der Waals surface area contributed by atoms with Crippen LogP contribution < -0.4 is 15.5 Å². The van der Waals surface area contributed by atoms with E-state index in [0.29, 0.717) is 19.0 Å². The van der Waals surface area contributed by atoms with Crippen LogP contribution in [0.5, 0.6) is 0 Å². The molecule has 0 amide bonds. The van der Waals surface area contributed by atoms with E-state index in [0.717, 1.165) is 50.1 Å². The van der Waals surface area contributed by atoms with Gasteiger partial charge in [-0.15, -0.1) is 24.0 Å². The molecule has 1 aliphatic rings. The number of aryl methyl sites for hydroxylation is 2. The Kier molecular flexibility index (Phi) is 9.76. The summed E-state index contributed by atoms with van der Waals surface area (Å²) in [5.41, 5.74) is 4.88. The number of para-hydroxylation sites is 1. The van der Waals surface area contributed by atoms with E-state index in [9.17, 15) is 0 Å². The molecule has 182 valence electrons. The van der Waals surface area contributed by atoms with Gasteiger partial charge in [0.05, 0.1) is 12.2 Å². The molecule has 8 heteroatoms. The van der Waals surface area contributed by atoms with Crippen LogP contribution in [0.4, 0.5) is 5.69 Å². The lowest BCUT2D eigenvalue weighted by molar-refractivity contribution is 0.249. The monoisotopic (exact) mass is 574 g/mol. The Morgan fingerprint density at radius 2 is 1.56 bits per heavy atom. The number of guanidine groups is 1. The Hall–Kier alpha value is -2.59. The van der Waals surface area contributed by atoms with Crippen molar-refractivity contribution in [1.82, 2.24) is 20.5 Å². The summed E-state index contributed by atoms with van der Waals surface area (Å²) in [6, 6.07) is 19.3. The Bertz CT molecular complexity index is 1040. The molecule has 2 aromatic carbocycles. The standard InChI is InChI=1S/C26H34N6O.HI/c1-20-21(2)33-25(30-20)18-29-26(27-3)28-17-22-9-7-8-10-23(22)19-31-13-15-32(16-14-31)24-11-5-4-6-12-24;/h4-12H,13-19H2,1-3H3,(H2,27,28,29);1H. The molecule has 0 unspecified atom stereocenters. The normalized spacial score (nSPS) is 14.6. The van der Waals surface area contributed by atoms with Crippen LogP contribution in [0.25, 0.3) is 0 Å². The molecule has 1 saturated heterocycles. The van der Waals surface area contributed by atoms with Crippen molar-refractivity contribution in [2.45, 2.75) is 33.5 Å². The first-order chi connectivity index (χ1) is 16.1. The average molecular weight is 575 g/mol. The number of hydrogen-bond donors (Lipinski definition) is 2. The van der Waals surface area contributed by atoms with Gasteiger partial charge in [-0.3, -0.25) is 9.89 Å². The molecule has 2 heterocycles. The van der Waals surface area contributed by atoms with Gasteiger partial charge in [-0.05, 0) is 37.1 Å². The fourth-order valence-electron chi connectivity index (χ4n) is 4.10. The highest BCUT2D eigenvalue weighted by Gasteiger charge is 2.18. The number of oxazole rings is 1. The lowest BCUT2D eigenvalue weighted by Gasteiger charge is -2.36. The second-order valence-electron chi connectivity index (χ2n) is 8.40. The van der Waals surface area contributed by atoms with E-state index >= 15 is 0 Å². The lowest BCUT2D eigenvalue weighted by atomic mass is 10.1. The Balaban J connectivity index is 0.00000324. The van der Waals surface area contributed by atoms with Crippen LogP contribution in [-0.4, -0.2) is 49.1 Å². The summed E-state index contributed by atoms with van der Waals surface area (Å²) < 4.78 is 5.65. The van der Waals surface area contributed by atoms with Crippen LogP contribution >= 0.6 is 24.0 Å². The van der Waals surface area contributed by atoms with E-state index < -0.39 is 0 Å². The minimum absolute atomic E-state index is 0. The van der Waals surface area contributed by atoms with Gasteiger partial charge in [-0.25, -0.2) is 4.98 Å². The smallest absolute Gasteiger partial charge is 0.214 e. The van der Waals surface area contributed by atoms with Crippen molar-refractivity contribution < 1.29 is 4.42 Å². The van der Waals surface area contributed by atoms with Gasteiger partial charge in [0.25, 0.3) is 0 Å². The van der Waals surface area contributed by atoms with E-state index in [-0.39, 0.29) is 24.0 Å². The van der Waals surface area contributed by atoms with Crippen LogP contribution in [0.3, 0.4) is 0 Å². The van der Waals surface area contributed by atoms with Gasteiger partial charge < -0.3 is 20.0 Å². The summed E-state index contributed by atoms with van der Waals surface area (Å²) in [6.07, 6.45) is 0. The number of anilines is 1. The number of nitrogens with one attached hydrogen (secondary N) is 2. The summed E-state index contributed by atoms with van der Waals surface area (Å²) in [4.78, 5) is 13.8. The molecule has 0 bridgehead atoms. The second kappa shape index (κ2) is 12.8. The number of benzene rings is 2. The minimum atomic E-state index is 0. The fourth-order valence-corrected chi connectivity index (χ4v) is 4.10. The predicted octanol–water partition coefficient (Wildman–Crippen LogP) is 4.10. The second-order valence-corrected chi connectivity index (χ2v) is 8.40. The van der Waals surface area contributed by atoms with E-state index in [2.05, 4.69) is 85.0 Å². The zero-order valence-corrected chi connectivity index (χ0v) is 22.6. The number of hydrogen-bond acceptors (Lipinski definition) is 5. The van der Waals surface area contributed by atoms with Gasteiger partial charge in [0.15, 0.2) is 5.96 Å². The Morgan fingerprint density at radius 3 is 2.21 bits per heavy atom. The molecule has 3 aromatic rings. The number of nitrogens with zero attached hydrogens (tertiary/aromatic N) is 4. The van der Waals surface area contributed by atoms with E-state index in [1.807, 2.05) is 13.8 Å². The van der Waals surface area contributed by atoms with Crippen LogP contribution in [0.15, 0.2) is 64.0 Å². The molecule has 0 saturated carbocycles. The maximum absolute atomic E-state index is 5.65. The van der Waals surface area contributed by atoms with Crippen molar-refractivity contribution in [3.63, 3.8) is 0 Å². The predicted molar refractivity (Wildman–Crippen MR) is 149 cm³/mol. The largest absolute Gasteiger partial charge is 0.444 e. The maximum atomic E-state index is 5.65. The third-order valence-electron chi connectivity index (χ3n) is 6.16. The van der Waals surface area contributed by atoms with Crippen molar-refractivity contribution >= 4 is 35.6 Å². The Morgan fingerprint density at radius 1 is 0.912 bits per heavy atom. The first kappa shape index (κ1) is 26.0. The summed E-state index contributed by atoms with van der Waals surface area (Å²) in [6.45, 7) is 10.3. The molecule has 0 spiro atoms. The molecule has 34 heavy (non-hydrogen) atoms. The van der Waals surface area contributed by atoms with Gasteiger partial charge in [0.1, 0.15) is 5.76 Å². The highest BCUT2D eigenvalue weighted by molar-refractivity contribution is 14.0. The van der Waals surface area contributed by atoms with Crippen LogP contribution in [0.1, 0.15) is 28.5 Å². The van der Waals surface area contributed by atoms with Gasteiger partial charge in [-0.2, -0.15) is 0 Å². The van der Waals surface area contributed by atoms with Crippen molar-refractivity contribution in [2.24, 2.45) is 4.99 Å². The molecule has 0 radical (unpaired) electrons. The molecule has 7 nitrogen and oxygen atoms in total. The zero-order chi connectivity index (χ0) is 23.0. The van der Waals surface area contributed by atoms with Crippen LogP contribution in [0, 0.1) is 13.8 Å².